The van der Waals surface area contributed by atoms with Crippen LogP contribution in [0.2, 0.25) is 0 Å². The van der Waals surface area contributed by atoms with E-state index in [0.717, 1.165) is 17.0 Å². The van der Waals surface area contributed by atoms with E-state index in [1.807, 2.05) is 0 Å². The highest BCUT2D eigenvalue weighted by Gasteiger charge is 2.34. The largest absolute Gasteiger partial charge is 0.418 e. The van der Waals surface area contributed by atoms with Crippen LogP contribution < -0.4 is 0 Å². The summed E-state index contributed by atoms with van der Waals surface area (Å²) in [6.07, 6.45) is -1.83. The van der Waals surface area contributed by atoms with Crippen molar-refractivity contribution in [1.29, 1.82) is 0 Å². The molecule has 3 rings (SSSR count). The van der Waals surface area contributed by atoms with E-state index in [1.54, 1.807) is 0 Å². The van der Waals surface area contributed by atoms with Gasteiger partial charge in [0.1, 0.15) is 5.69 Å². The van der Waals surface area contributed by atoms with Crippen LogP contribution in [0.25, 0.3) is 16.9 Å². The van der Waals surface area contributed by atoms with Crippen molar-refractivity contribution in [3.8, 4) is 16.9 Å². The smallest absolute Gasteiger partial charge is 0.298 e. The lowest BCUT2D eigenvalue weighted by Crippen LogP contribution is -2.10. The number of para-hydroxylation sites is 1. The first-order valence-corrected chi connectivity index (χ1v) is 9.52. The molecule has 0 atom stereocenters. The number of rotatable bonds is 4. The zero-order chi connectivity index (χ0) is 19.8. The first kappa shape index (κ1) is 18.8. The van der Waals surface area contributed by atoms with Gasteiger partial charge in [0.25, 0.3) is 0 Å². The number of aldehydes is 1. The molecule has 140 valence electrons. The van der Waals surface area contributed by atoms with Crippen molar-refractivity contribution < 1.29 is 26.4 Å². The van der Waals surface area contributed by atoms with Crippen molar-refractivity contribution >= 4 is 16.1 Å². The predicted octanol–water partition coefficient (Wildman–Crippen LogP) is 3.77. The number of halogens is 3. The second-order valence-corrected chi connectivity index (χ2v) is 7.82. The third-order valence-electron chi connectivity index (χ3n) is 3.88. The topological polar surface area (TPSA) is 69.0 Å². The fourth-order valence-electron chi connectivity index (χ4n) is 2.59. The van der Waals surface area contributed by atoms with E-state index < -0.39 is 21.6 Å². The van der Waals surface area contributed by atoms with Gasteiger partial charge in [-0.05, 0) is 24.3 Å². The number of benzene rings is 2. The third-order valence-corrected chi connectivity index (χ3v) is 5.01. The minimum atomic E-state index is -4.58. The Balaban J connectivity index is 2.12. The van der Waals surface area contributed by atoms with E-state index in [9.17, 15) is 26.4 Å². The maximum atomic E-state index is 13.2. The second kappa shape index (κ2) is 6.66. The standard InChI is InChI=1S/C18H13F3N2O3S/c1-27(25,26)14-8-6-12(7-9-14)17-13(11-24)10-23(22-17)16-5-3-2-4-15(16)18(19,20)21/h2-11H,1H3. The zero-order valence-corrected chi connectivity index (χ0v) is 14.8. The Hall–Kier alpha value is -2.94. The maximum Gasteiger partial charge on any atom is 0.418 e. The number of hydrogen-bond donors (Lipinski definition) is 0. The molecule has 0 aliphatic rings. The van der Waals surface area contributed by atoms with E-state index in [4.69, 9.17) is 0 Å². The van der Waals surface area contributed by atoms with E-state index in [2.05, 4.69) is 5.10 Å². The molecule has 0 saturated carbocycles. The molecule has 0 bridgehead atoms. The van der Waals surface area contributed by atoms with Crippen LogP contribution in [0.1, 0.15) is 15.9 Å². The van der Waals surface area contributed by atoms with Crippen LogP contribution >= 0.6 is 0 Å². The first-order chi connectivity index (χ1) is 12.6. The molecule has 3 aromatic rings. The third kappa shape index (κ3) is 3.77. The van der Waals surface area contributed by atoms with Gasteiger partial charge >= 0.3 is 6.18 Å². The Morgan fingerprint density at radius 1 is 1.04 bits per heavy atom. The molecule has 0 aliphatic heterocycles. The summed E-state index contributed by atoms with van der Waals surface area (Å²) in [5.74, 6) is 0. The molecular weight excluding hydrogens is 381 g/mol. The van der Waals surface area contributed by atoms with Crippen LogP contribution in [-0.4, -0.2) is 30.7 Å². The number of hydrogen-bond acceptors (Lipinski definition) is 4. The minimum Gasteiger partial charge on any atom is -0.298 e. The SMILES string of the molecule is CS(=O)(=O)c1ccc(-c2nn(-c3ccccc3C(F)(F)F)cc2C=O)cc1. The van der Waals surface area contributed by atoms with E-state index >= 15 is 0 Å². The summed E-state index contributed by atoms with van der Waals surface area (Å²) in [5.41, 5.74) is -0.454. The number of nitrogens with zero attached hydrogens (tertiary/aromatic N) is 2. The highest BCUT2D eigenvalue weighted by atomic mass is 32.2. The highest BCUT2D eigenvalue weighted by Crippen LogP contribution is 2.34. The van der Waals surface area contributed by atoms with E-state index in [1.165, 1.54) is 48.7 Å². The van der Waals surface area contributed by atoms with E-state index in [-0.39, 0.29) is 21.8 Å². The molecule has 27 heavy (non-hydrogen) atoms. The lowest BCUT2D eigenvalue weighted by Gasteiger charge is -2.12. The van der Waals surface area contributed by atoms with Crippen LogP contribution in [0.15, 0.2) is 59.6 Å². The molecule has 0 aliphatic carbocycles. The molecule has 0 spiro atoms. The average molecular weight is 394 g/mol. The molecule has 9 heteroatoms. The fraction of sp³-hybridized carbons (Fsp3) is 0.111. The van der Waals surface area contributed by atoms with Crippen LogP contribution in [-0.2, 0) is 16.0 Å². The fourth-order valence-corrected chi connectivity index (χ4v) is 3.22. The van der Waals surface area contributed by atoms with Crippen LogP contribution in [0.3, 0.4) is 0 Å². The van der Waals surface area contributed by atoms with Crippen LogP contribution in [0.5, 0.6) is 0 Å². The quantitative estimate of drug-likeness (QED) is 0.632. The van der Waals surface area contributed by atoms with Crippen LogP contribution in [0, 0.1) is 0 Å². The normalized spacial score (nSPS) is 12.1. The highest BCUT2D eigenvalue weighted by molar-refractivity contribution is 7.90. The summed E-state index contributed by atoms with van der Waals surface area (Å²) in [6.45, 7) is 0. The number of sulfone groups is 1. The van der Waals surface area contributed by atoms with E-state index in [0.29, 0.717) is 11.8 Å². The van der Waals surface area contributed by atoms with Gasteiger partial charge in [-0.3, -0.25) is 4.79 Å². The van der Waals surface area contributed by atoms with Crippen molar-refractivity contribution in [2.75, 3.05) is 6.26 Å². The summed E-state index contributed by atoms with van der Waals surface area (Å²) in [4.78, 5) is 11.5. The maximum absolute atomic E-state index is 13.2. The molecule has 0 amide bonds. The average Bonchev–Trinajstić information content (AvgIpc) is 3.04. The van der Waals surface area contributed by atoms with Crippen molar-refractivity contribution in [2.45, 2.75) is 11.1 Å². The Labute approximate surface area is 153 Å². The number of alkyl halides is 3. The summed E-state index contributed by atoms with van der Waals surface area (Å²) in [5, 5.41) is 4.12. The van der Waals surface area contributed by atoms with Crippen molar-refractivity contribution in [3.05, 3.63) is 65.9 Å². The zero-order valence-electron chi connectivity index (χ0n) is 13.9. The van der Waals surface area contributed by atoms with Crippen LogP contribution in [0.4, 0.5) is 13.2 Å². The number of aromatic nitrogens is 2. The number of carbonyl (C=O) groups excluding carboxylic acids is 1. The first-order valence-electron chi connectivity index (χ1n) is 7.63. The molecule has 2 aromatic carbocycles. The van der Waals surface area contributed by atoms with Crippen molar-refractivity contribution in [1.82, 2.24) is 9.78 Å². The molecule has 1 heterocycles. The molecule has 0 unspecified atom stereocenters. The molecule has 5 nitrogen and oxygen atoms in total. The number of carbonyl (C=O) groups is 1. The van der Waals surface area contributed by atoms with Gasteiger partial charge < -0.3 is 0 Å². The summed E-state index contributed by atoms with van der Waals surface area (Å²) >= 11 is 0. The Morgan fingerprint density at radius 3 is 2.22 bits per heavy atom. The van der Waals surface area contributed by atoms with Gasteiger partial charge in [0.05, 0.1) is 21.7 Å². The Kier molecular flexibility index (Phi) is 4.64. The molecule has 0 fully saturated rings. The van der Waals surface area contributed by atoms with Gasteiger partial charge in [-0.2, -0.15) is 18.3 Å². The van der Waals surface area contributed by atoms with Gasteiger partial charge in [0.2, 0.25) is 0 Å². The van der Waals surface area contributed by atoms with Gasteiger partial charge in [-0.15, -0.1) is 0 Å². The Bertz CT molecular complexity index is 1100. The van der Waals surface area contributed by atoms with Gasteiger partial charge in [-0.25, -0.2) is 13.1 Å². The second-order valence-electron chi connectivity index (χ2n) is 5.81. The monoisotopic (exact) mass is 394 g/mol. The molecular formula is C18H13F3N2O3S. The molecule has 0 radical (unpaired) electrons. The molecule has 0 N–H and O–H groups in total. The lowest BCUT2D eigenvalue weighted by atomic mass is 10.1. The molecule has 0 saturated heterocycles. The Morgan fingerprint density at radius 2 is 1.67 bits per heavy atom. The van der Waals surface area contributed by atoms with Crippen molar-refractivity contribution in [2.24, 2.45) is 0 Å². The summed E-state index contributed by atoms with van der Waals surface area (Å²) < 4.78 is 63.8. The van der Waals surface area contributed by atoms with Gasteiger partial charge in [0.15, 0.2) is 16.1 Å². The summed E-state index contributed by atoms with van der Waals surface area (Å²) in [6, 6.07) is 10.5. The minimum absolute atomic E-state index is 0.0825. The lowest BCUT2D eigenvalue weighted by molar-refractivity contribution is -0.137. The van der Waals surface area contributed by atoms with Gasteiger partial charge in [-0.1, -0.05) is 24.3 Å². The molecule has 1 aromatic heterocycles. The van der Waals surface area contributed by atoms with Gasteiger partial charge in [0, 0.05) is 18.0 Å². The van der Waals surface area contributed by atoms with Crippen molar-refractivity contribution in [3.63, 3.8) is 0 Å². The predicted molar refractivity (Wildman–Crippen MR) is 92.5 cm³/mol. The summed E-state index contributed by atoms with van der Waals surface area (Å²) in [7, 11) is -3.40.